The van der Waals surface area contributed by atoms with Gasteiger partial charge in [-0.25, -0.2) is 4.98 Å². The van der Waals surface area contributed by atoms with Crippen molar-refractivity contribution >= 4 is 23.4 Å². The molecule has 0 atom stereocenters. The number of nitrogens with zero attached hydrogens (tertiary/aromatic N) is 3. The highest BCUT2D eigenvalue weighted by Crippen LogP contribution is 2.37. The molecule has 0 aromatic carbocycles. The zero-order chi connectivity index (χ0) is 11.1. The molecule has 3 rings (SSSR count). The summed E-state index contributed by atoms with van der Waals surface area (Å²) in [7, 11) is 0. The molecule has 0 aliphatic heterocycles. The van der Waals surface area contributed by atoms with Gasteiger partial charge in [-0.15, -0.1) is 0 Å². The predicted octanol–water partition coefficient (Wildman–Crippen LogP) is 2.09. The van der Waals surface area contributed by atoms with E-state index in [1.54, 1.807) is 0 Å². The Morgan fingerprint density at radius 1 is 1.31 bits per heavy atom. The average Bonchev–Trinajstić information content (AvgIpc) is 3.07. The second kappa shape index (κ2) is 3.77. The summed E-state index contributed by atoms with van der Waals surface area (Å²) in [6.45, 7) is 1.09. The van der Waals surface area contributed by atoms with Crippen LogP contribution >= 0.6 is 11.6 Å². The Balaban J connectivity index is 1.84. The smallest absolute Gasteiger partial charge is 0.223 e. The van der Waals surface area contributed by atoms with Crippen LogP contribution in [0.15, 0.2) is 6.07 Å². The van der Waals surface area contributed by atoms with Crippen molar-refractivity contribution in [2.75, 3.05) is 17.2 Å². The maximum atomic E-state index is 5.91. The molecular formula is C11H15ClN4. The highest BCUT2D eigenvalue weighted by Gasteiger charge is 2.34. The van der Waals surface area contributed by atoms with E-state index in [0.29, 0.717) is 11.2 Å². The zero-order valence-corrected chi connectivity index (χ0v) is 9.82. The Labute approximate surface area is 99.8 Å². The molecule has 0 bridgehead atoms. The van der Waals surface area contributed by atoms with Gasteiger partial charge in [0.25, 0.3) is 0 Å². The first kappa shape index (κ1) is 10.1. The first-order valence-electron chi connectivity index (χ1n) is 5.79. The van der Waals surface area contributed by atoms with Crippen LogP contribution in [-0.4, -0.2) is 22.6 Å². The maximum Gasteiger partial charge on any atom is 0.223 e. The summed E-state index contributed by atoms with van der Waals surface area (Å²) < 4.78 is 0. The van der Waals surface area contributed by atoms with E-state index < -0.39 is 0 Å². The van der Waals surface area contributed by atoms with Crippen LogP contribution in [0, 0.1) is 5.92 Å². The second-order valence-corrected chi connectivity index (χ2v) is 5.12. The lowest BCUT2D eigenvalue weighted by Gasteiger charge is -2.23. The molecule has 5 heteroatoms. The maximum absolute atomic E-state index is 5.91. The number of rotatable bonds is 4. The van der Waals surface area contributed by atoms with Crippen LogP contribution < -0.4 is 10.6 Å². The van der Waals surface area contributed by atoms with Crippen LogP contribution in [0.2, 0.25) is 5.15 Å². The Morgan fingerprint density at radius 3 is 2.62 bits per heavy atom. The molecule has 16 heavy (non-hydrogen) atoms. The van der Waals surface area contributed by atoms with Gasteiger partial charge >= 0.3 is 0 Å². The number of anilines is 2. The van der Waals surface area contributed by atoms with E-state index in [-0.39, 0.29) is 5.95 Å². The second-order valence-electron chi connectivity index (χ2n) is 4.73. The van der Waals surface area contributed by atoms with Gasteiger partial charge in [0.2, 0.25) is 5.95 Å². The molecule has 2 aliphatic carbocycles. The number of aromatic nitrogens is 2. The number of halogens is 1. The van der Waals surface area contributed by atoms with E-state index in [0.717, 1.165) is 18.3 Å². The number of nitrogen functional groups attached to an aromatic ring is 1. The third-order valence-corrected chi connectivity index (χ3v) is 3.33. The van der Waals surface area contributed by atoms with Crippen LogP contribution in [0.3, 0.4) is 0 Å². The fourth-order valence-electron chi connectivity index (χ4n) is 1.96. The molecule has 1 aromatic rings. The molecule has 1 heterocycles. The van der Waals surface area contributed by atoms with Crippen LogP contribution in [0.25, 0.3) is 0 Å². The largest absolute Gasteiger partial charge is 0.368 e. The molecule has 2 aliphatic rings. The van der Waals surface area contributed by atoms with E-state index in [9.17, 15) is 0 Å². The Kier molecular flexibility index (Phi) is 2.39. The minimum absolute atomic E-state index is 0.268. The standard InChI is InChI=1S/C11H15ClN4/c12-9-5-10(15-11(13)14-9)16(8-3-4-8)6-7-1-2-7/h5,7-8H,1-4,6H2,(H2,13,14,15). The summed E-state index contributed by atoms with van der Waals surface area (Å²) in [5.74, 6) is 2.01. The summed E-state index contributed by atoms with van der Waals surface area (Å²) in [6.07, 6.45) is 5.21. The molecular weight excluding hydrogens is 224 g/mol. The third kappa shape index (κ3) is 2.21. The van der Waals surface area contributed by atoms with Gasteiger partial charge in [0.1, 0.15) is 11.0 Å². The van der Waals surface area contributed by atoms with Gasteiger partial charge in [-0.05, 0) is 31.6 Å². The van der Waals surface area contributed by atoms with Crippen LogP contribution in [0.5, 0.6) is 0 Å². The van der Waals surface area contributed by atoms with Gasteiger partial charge < -0.3 is 10.6 Å². The monoisotopic (exact) mass is 238 g/mol. The van der Waals surface area contributed by atoms with Gasteiger partial charge in [-0.2, -0.15) is 4.98 Å². The summed E-state index contributed by atoms with van der Waals surface area (Å²) >= 11 is 5.91. The lowest BCUT2D eigenvalue weighted by Crippen LogP contribution is -2.29. The molecule has 0 saturated heterocycles. The van der Waals surface area contributed by atoms with Crippen molar-refractivity contribution in [2.24, 2.45) is 5.92 Å². The Hall–Kier alpha value is -1.03. The van der Waals surface area contributed by atoms with Gasteiger partial charge in [0, 0.05) is 18.7 Å². The fourth-order valence-corrected chi connectivity index (χ4v) is 2.15. The van der Waals surface area contributed by atoms with Crippen LogP contribution in [0.4, 0.5) is 11.8 Å². The average molecular weight is 239 g/mol. The molecule has 2 fully saturated rings. The van der Waals surface area contributed by atoms with Gasteiger partial charge in [0.05, 0.1) is 0 Å². The van der Waals surface area contributed by atoms with Crippen molar-refractivity contribution in [3.8, 4) is 0 Å². The highest BCUT2D eigenvalue weighted by molar-refractivity contribution is 6.29. The molecule has 4 nitrogen and oxygen atoms in total. The van der Waals surface area contributed by atoms with Crippen molar-refractivity contribution in [1.29, 1.82) is 0 Å². The van der Waals surface area contributed by atoms with Crippen LogP contribution in [-0.2, 0) is 0 Å². The number of nitrogens with two attached hydrogens (primary N) is 1. The molecule has 1 aromatic heterocycles. The minimum Gasteiger partial charge on any atom is -0.368 e. The molecule has 0 unspecified atom stereocenters. The lowest BCUT2D eigenvalue weighted by molar-refractivity contribution is 0.708. The van der Waals surface area contributed by atoms with E-state index >= 15 is 0 Å². The third-order valence-electron chi connectivity index (χ3n) is 3.13. The molecule has 0 radical (unpaired) electrons. The van der Waals surface area contributed by atoms with E-state index in [1.807, 2.05) is 6.07 Å². The number of hydrogen-bond donors (Lipinski definition) is 1. The van der Waals surface area contributed by atoms with Crippen molar-refractivity contribution < 1.29 is 0 Å². The van der Waals surface area contributed by atoms with Gasteiger partial charge in [-0.3, -0.25) is 0 Å². The topological polar surface area (TPSA) is 55.0 Å². The molecule has 2 saturated carbocycles. The van der Waals surface area contributed by atoms with Gasteiger partial charge in [-0.1, -0.05) is 11.6 Å². The lowest BCUT2D eigenvalue weighted by atomic mass is 10.3. The van der Waals surface area contributed by atoms with Crippen molar-refractivity contribution in [3.05, 3.63) is 11.2 Å². The molecule has 2 N–H and O–H groups in total. The molecule has 86 valence electrons. The summed E-state index contributed by atoms with van der Waals surface area (Å²) in [4.78, 5) is 10.5. The first-order valence-corrected chi connectivity index (χ1v) is 6.17. The minimum atomic E-state index is 0.268. The Morgan fingerprint density at radius 2 is 2.06 bits per heavy atom. The van der Waals surface area contributed by atoms with Crippen molar-refractivity contribution in [2.45, 2.75) is 31.7 Å². The van der Waals surface area contributed by atoms with E-state index in [2.05, 4.69) is 14.9 Å². The quantitative estimate of drug-likeness (QED) is 0.817. The summed E-state index contributed by atoms with van der Waals surface area (Å²) in [6, 6.07) is 2.46. The molecule has 0 amide bonds. The van der Waals surface area contributed by atoms with E-state index in [1.165, 1.54) is 25.7 Å². The van der Waals surface area contributed by atoms with Crippen molar-refractivity contribution in [1.82, 2.24) is 9.97 Å². The summed E-state index contributed by atoms with van der Waals surface area (Å²) in [5.41, 5.74) is 5.63. The highest BCUT2D eigenvalue weighted by atomic mass is 35.5. The summed E-state index contributed by atoms with van der Waals surface area (Å²) in [5, 5.41) is 0.434. The van der Waals surface area contributed by atoms with E-state index in [4.69, 9.17) is 17.3 Å². The molecule has 0 spiro atoms. The first-order chi connectivity index (χ1) is 7.72. The normalized spacial score (nSPS) is 19.8. The fraction of sp³-hybridized carbons (Fsp3) is 0.636. The Bertz CT molecular complexity index is 381. The number of hydrogen-bond acceptors (Lipinski definition) is 4. The van der Waals surface area contributed by atoms with Crippen LogP contribution in [0.1, 0.15) is 25.7 Å². The zero-order valence-electron chi connectivity index (χ0n) is 9.06. The van der Waals surface area contributed by atoms with Gasteiger partial charge in [0.15, 0.2) is 0 Å². The predicted molar refractivity (Wildman–Crippen MR) is 64.5 cm³/mol. The van der Waals surface area contributed by atoms with Crippen molar-refractivity contribution in [3.63, 3.8) is 0 Å². The SMILES string of the molecule is Nc1nc(Cl)cc(N(CC2CC2)C2CC2)n1.